The Kier molecular flexibility index (Phi) is 5.53. The van der Waals surface area contributed by atoms with Crippen molar-refractivity contribution in [2.45, 2.75) is 12.8 Å². The second-order valence-corrected chi connectivity index (χ2v) is 5.85. The van der Waals surface area contributed by atoms with Gasteiger partial charge >= 0.3 is 0 Å². The Labute approximate surface area is 135 Å². The summed E-state index contributed by atoms with van der Waals surface area (Å²) in [5.41, 5.74) is 1.85. The van der Waals surface area contributed by atoms with E-state index in [1.54, 1.807) is 0 Å². The molecule has 6 heteroatoms. The minimum atomic E-state index is 0.584. The Morgan fingerprint density at radius 2 is 2.09 bits per heavy atom. The van der Waals surface area contributed by atoms with Crippen LogP contribution in [0.25, 0.3) is 0 Å². The lowest BCUT2D eigenvalue weighted by Crippen LogP contribution is -2.38. The van der Waals surface area contributed by atoms with Crippen LogP contribution in [0.3, 0.4) is 0 Å². The number of benzene rings is 1. The standard InChI is InChI=1S/C16H21ClN2O3/c17-13-3-4-16-14(12-13)15(2-1-8-21-16)18-22-11-7-19-5-9-20-10-6-19/h3-4,12H,1-2,5-11H2/b18-15-. The highest BCUT2D eigenvalue weighted by Crippen LogP contribution is 2.27. The van der Waals surface area contributed by atoms with Crippen molar-refractivity contribution in [2.24, 2.45) is 5.16 Å². The Hall–Kier alpha value is -1.30. The highest BCUT2D eigenvalue weighted by Gasteiger charge is 2.16. The van der Waals surface area contributed by atoms with Gasteiger partial charge in [0, 0.05) is 30.2 Å². The first-order valence-electron chi connectivity index (χ1n) is 7.74. The fourth-order valence-electron chi connectivity index (χ4n) is 2.62. The summed E-state index contributed by atoms with van der Waals surface area (Å²) >= 11 is 6.09. The molecule has 0 unspecified atom stereocenters. The minimum absolute atomic E-state index is 0.584. The van der Waals surface area contributed by atoms with Crippen LogP contribution in [0.2, 0.25) is 5.02 Å². The molecule has 1 saturated heterocycles. The normalized spacial score (nSPS) is 21.0. The molecule has 0 aliphatic carbocycles. The van der Waals surface area contributed by atoms with Crippen molar-refractivity contribution >= 4 is 17.3 Å². The Bertz CT molecular complexity index is 530. The maximum atomic E-state index is 6.09. The van der Waals surface area contributed by atoms with E-state index in [4.69, 9.17) is 25.9 Å². The fraction of sp³-hybridized carbons (Fsp3) is 0.562. The van der Waals surface area contributed by atoms with Crippen LogP contribution in [0.1, 0.15) is 18.4 Å². The van der Waals surface area contributed by atoms with Crippen molar-refractivity contribution in [1.82, 2.24) is 4.90 Å². The van der Waals surface area contributed by atoms with Gasteiger partial charge in [0.2, 0.25) is 0 Å². The summed E-state index contributed by atoms with van der Waals surface area (Å²) in [5.74, 6) is 0.831. The van der Waals surface area contributed by atoms with Crippen molar-refractivity contribution in [3.63, 3.8) is 0 Å². The number of hydrogen-bond acceptors (Lipinski definition) is 5. The highest BCUT2D eigenvalue weighted by atomic mass is 35.5. The SMILES string of the molecule is Clc1ccc2c(c1)/C(=N\OCCN1CCOCC1)CCCO2. The first-order valence-corrected chi connectivity index (χ1v) is 8.12. The average molecular weight is 325 g/mol. The average Bonchev–Trinajstić information content (AvgIpc) is 2.75. The number of hydrogen-bond donors (Lipinski definition) is 0. The lowest BCUT2D eigenvalue weighted by Gasteiger charge is -2.25. The van der Waals surface area contributed by atoms with E-state index in [0.29, 0.717) is 18.2 Å². The first kappa shape index (κ1) is 15.6. The van der Waals surface area contributed by atoms with Crippen LogP contribution in [-0.2, 0) is 9.57 Å². The molecule has 120 valence electrons. The van der Waals surface area contributed by atoms with Gasteiger partial charge in [0.05, 0.1) is 25.5 Å². The second-order valence-electron chi connectivity index (χ2n) is 5.42. The third-order valence-electron chi connectivity index (χ3n) is 3.85. The van der Waals surface area contributed by atoms with Gasteiger partial charge in [0.25, 0.3) is 0 Å². The molecule has 2 aliphatic rings. The fourth-order valence-corrected chi connectivity index (χ4v) is 2.80. The molecular weight excluding hydrogens is 304 g/mol. The topological polar surface area (TPSA) is 43.3 Å². The van der Waals surface area contributed by atoms with E-state index in [9.17, 15) is 0 Å². The molecule has 0 amide bonds. The molecule has 1 fully saturated rings. The van der Waals surface area contributed by atoms with Crippen molar-refractivity contribution in [3.8, 4) is 5.75 Å². The smallest absolute Gasteiger partial charge is 0.129 e. The highest BCUT2D eigenvalue weighted by molar-refractivity contribution is 6.31. The van der Waals surface area contributed by atoms with E-state index in [0.717, 1.165) is 62.7 Å². The number of oxime groups is 1. The lowest BCUT2D eigenvalue weighted by molar-refractivity contribution is 0.0211. The van der Waals surface area contributed by atoms with Gasteiger partial charge in [-0.15, -0.1) is 0 Å². The van der Waals surface area contributed by atoms with Crippen molar-refractivity contribution < 1.29 is 14.3 Å². The van der Waals surface area contributed by atoms with Crippen LogP contribution in [0, 0.1) is 0 Å². The zero-order chi connectivity index (χ0) is 15.2. The summed E-state index contributed by atoms with van der Waals surface area (Å²) in [7, 11) is 0. The third-order valence-corrected chi connectivity index (χ3v) is 4.08. The molecular formula is C16H21ClN2O3. The summed E-state index contributed by atoms with van der Waals surface area (Å²) in [4.78, 5) is 7.86. The predicted molar refractivity (Wildman–Crippen MR) is 85.9 cm³/mol. The van der Waals surface area contributed by atoms with Crippen LogP contribution in [-0.4, -0.2) is 56.7 Å². The van der Waals surface area contributed by atoms with Crippen LogP contribution < -0.4 is 4.74 Å². The molecule has 2 aliphatic heterocycles. The number of fused-ring (bicyclic) bond motifs is 1. The Morgan fingerprint density at radius 1 is 1.23 bits per heavy atom. The largest absolute Gasteiger partial charge is 0.493 e. The molecule has 3 rings (SSSR count). The summed E-state index contributed by atoms with van der Waals surface area (Å²) < 4.78 is 11.0. The van der Waals surface area contributed by atoms with Crippen molar-refractivity contribution in [1.29, 1.82) is 0 Å². The van der Waals surface area contributed by atoms with Crippen molar-refractivity contribution in [3.05, 3.63) is 28.8 Å². The van der Waals surface area contributed by atoms with Gasteiger partial charge in [-0.1, -0.05) is 16.8 Å². The van der Waals surface area contributed by atoms with Gasteiger partial charge in [-0.25, -0.2) is 0 Å². The molecule has 5 nitrogen and oxygen atoms in total. The molecule has 0 aromatic heterocycles. The lowest BCUT2D eigenvalue weighted by atomic mass is 10.1. The Morgan fingerprint density at radius 3 is 2.95 bits per heavy atom. The van der Waals surface area contributed by atoms with E-state index >= 15 is 0 Å². The number of halogens is 1. The van der Waals surface area contributed by atoms with E-state index in [2.05, 4.69) is 10.1 Å². The molecule has 2 heterocycles. The number of ether oxygens (including phenoxy) is 2. The number of nitrogens with zero attached hydrogens (tertiary/aromatic N) is 2. The van der Waals surface area contributed by atoms with Gasteiger partial charge in [0.15, 0.2) is 0 Å². The van der Waals surface area contributed by atoms with Crippen LogP contribution in [0.15, 0.2) is 23.4 Å². The summed E-state index contributed by atoms with van der Waals surface area (Å²) in [6.07, 6.45) is 1.77. The molecule has 1 aromatic carbocycles. The molecule has 0 spiro atoms. The number of rotatable bonds is 4. The monoisotopic (exact) mass is 324 g/mol. The minimum Gasteiger partial charge on any atom is -0.493 e. The molecule has 0 bridgehead atoms. The summed E-state index contributed by atoms with van der Waals surface area (Å²) in [5, 5.41) is 5.02. The van der Waals surface area contributed by atoms with Gasteiger partial charge < -0.3 is 14.3 Å². The quantitative estimate of drug-likeness (QED) is 0.630. The third kappa shape index (κ3) is 4.12. The zero-order valence-corrected chi connectivity index (χ0v) is 13.3. The first-order chi connectivity index (χ1) is 10.8. The maximum Gasteiger partial charge on any atom is 0.129 e. The molecule has 0 radical (unpaired) electrons. The van der Waals surface area contributed by atoms with E-state index in [1.807, 2.05) is 18.2 Å². The molecule has 0 N–H and O–H groups in total. The van der Waals surface area contributed by atoms with Crippen molar-refractivity contribution in [2.75, 3.05) is 46.1 Å². The van der Waals surface area contributed by atoms with Gasteiger partial charge in [-0.2, -0.15) is 0 Å². The van der Waals surface area contributed by atoms with E-state index in [1.165, 1.54) is 0 Å². The zero-order valence-electron chi connectivity index (χ0n) is 12.6. The van der Waals surface area contributed by atoms with Gasteiger partial charge in [-0.3, -0.25) is 4.90 Å². The molecule has 0 atom stereocenters. The summed E-state index contributed by atoms with van der Waals surface area (Å²) in [6.45, 7) is 5.69. The van der Waals surface area contributed by atoms with Crippen LogP contribution in [0.5, 0.6) is 5.75 Å². The summed E-state index contributed by atoms with van der Waals surface area (Å²) in [6, 6.07) is 5.63. The predicted octanol–water partition coefficient (Wildman–Crippen LogP) is 2.57. The molecule has 1 aromatic rings. The molecule has 22 heavy (non-hydrogen) atoms. The molecule has 0 saturated carbocycles. The van der Waals surface area contributed by atoms with E-state index < -0.39 is 0 Å². The number of morpholine rings is 1. The van der Waals surface area contributed by atoms with E-state index in [-0.39, 0.29) is 0 Å². The maximum absolute atomic E-state index is 6.09. The van der Waals surface area contributed by atoms with Crippen LogP contribution >= 0.6 is 11.6 Å². The van der Waals surface area contributed by atoms with Gasteiger partial charge in [0.1, 0.15) is 12.4 Å². The Balaban J connectivity index is 1.59. The van der Waals surface area contributed by atoms with Gasteiger partial charge in [-0.05, 0) is 31.0 Å². The second kappa shape index (κ2) is 7.81. The van der Waals surface area contributed by atoms with Crippen LogP contribution in [0.4, 0.5) is 0 Å².